The summed E-state index contributed by atoms with van der Waals surface area (Å²) in [6, 6.07) is 20.8. The van der Waals surface area contributed by atoms with Crippen molar-refractivity contribution in [2.24, 2.45) is 0 Å². The molecule has 0 fully saturated rings. The quantitative estimate of drug-likeness (QED) is 0.368. The molecule has 2 aromatic carbocycles. The number of nitrogens with one attached hydrogen (secondary N) is 1. The lowest BCUT2D eigenvalue weighted by Crippen LogP contribution is -2.03. The van der Waals surface area contributed by atoms with E-state index in [2.05, 4.69) is 60.4 Å². The van der Waals surface area contributed by atoms with E-state index in [1.807, 2.05) is 12.1 Å². The van der Waals surface area contributed by atoms with E-state index in [9.17, 15) is 0 Å². The molecule has 0 aliphatic rings. The molecule has 0 amide bonds. The number of hydrogen-bond donors (Lipinski definition) is 1. The number of aryl methyl sites for hydroxylation is 1. The smallest absolute Gasteiger partial charge is 0.107 e. The molecule has 1 aromatic heterocycles. The third kappa shape index (κ3) is 6.84. The minimum atomic E-state index is 0.779. The molecule has 29 heavy (non-hydrogen) atoms. The summed E-state index contributed by atoms with van der Waals surface area (Å²) in [4.78, 5) is 8.48. The van der Waals surface area contributed by atoms with Gasteiger partial charge in [0, 0.05) is 44.0 Å². The summed E-state index contributed by atoms with van der Waals surface area (Å²) in [7, 11) is 0. The number of unbranched alkanes of at least 4 members (excludes halogenated alkanes) is 1. The van der Waals surface area contributed by atoms with Crippen LogP contribution >= 0.6 is 0 Å². The zero-order valence-corrected chi connectivity index (χ0v) is 17.4. The van der Waals surface area contributed by atoms with E-state index in [-0.39, 0.29) is 0 Å². The summed E-state index contributed by atoms with van der Waals surface area (Å²) in [5.74, 6) is 1.04. The van der Waals surface area contributed by atoms with E-state index < -0.39 is 0 Å². The van der Waals surface area contributed by atoms with Gasteiger partial charge in [0.2, 0.25) is 0 Å². The van der Waals surface area contributed by atoms with Crippen LogP contribution in [-0.4, -0.2) is 36.4 Å². The first-order valence-electron chi connectivity index (χ1n) is 10.7. The molecular weight excluding hydrogens is 360 g/mol. The van der Waals surface area contributed by atoms with Crippen LogP contribution in [-0.2, 0) is 15.9 Å². The van der Waals surface area contributed by atoms with Crippen molar-refractivity contribution in [2.75, 3.05) is 26.4 Å². The molecule has 0 saturated heterocycles. The predicted octanol–water partition coefficient (Wildman–Crippen LogP) is 5.90. The van der Waals surface area contributed by atoms with E-state index in [1.54, 1.807) is 0 Å². The Morgan fingerprint density at radius 2 is 1.34 bits per heavy atom. The summed E-state index contributed by atoms with van der Waals surface area (Å²) in [6.07, 6.45) is 5.07. The average Bonchev–Trinajstić information content (AvgIpc) is 3.20. The molecule has 0 aliphatic carbocycles. The van der Waals surface area contributed by atoms with Crippen LogP contribution in [0.2, 0.25) is 0 Å². The Morgan fingerprint density at radius 3 is 2.03 bits per heavy atom. The van der Waals surface area contributed by atoms with Gasteiger partial charge in [-0.15, -0.1) is 0 Å². The number of hydrogen-bond acceptors (Lipinski definition) is 3. The van der Waals surface area contributed by atoms with E-state index >= 15 is 0 Å². The number of rotatable bonds is 13. The first-order valence-corrected chi connectivity index (χ1v) is 10.7. The van der Waals surface area contributed by atoms with E-state index in [0.29, 0.717) is 0 Å². The lowest BCUT2D eigenvalue weighted by atomic mass is 10.1. The maximum Gasteiger partial charge on any atom is 0.107 e. The van der Waals surface area contributed by atoms with E-state index in [4.69, 9.17) is 14.5 Å². The summed E-state index contributed by atoms with van der Waals surface area (Å²) >= 11 is 0. The highest BCUT2D eigenvalue weighted by atomic mass is 16.5. The maximum absolute atomic E-state index is 5.71. The van der Waals surface area contributed by atoms with Gasteiger partial charge in [0.1, 0.15) is 5.82 Å². The van der Waals surface area contributed by atoms with Crippen molar-refractivity contribution in [2.45, 2.75) is 39.0 Å². The molecule has 1 N–H and O–H groups in total. The molecule has 4 nitrogen and oxygen atoms in total. The van der Waals surface area contributed by atoms with Crippen molar-refractivity contribution in [3.63, 3.8) is 0 Å². The summed E-state index contributed by atoms with van der Waals surface area (Å²) < 4.78 is 11.2. The highest BCUT2D eigenvalue weighted by molar-refractivity contribution is 5.78. The Bertz CT molecular complexity index is 758. The first kappa shape index (κ1) is 21.3. The number of ether oxygens (including phenoxy) is 2. The van der Waals surface area contributed by atoms with Gasteiger partial charge in [-0.1, -0.05) is 67.6 Å². The van der Waals surface area contributed by atoms with Crippen LogP contribution in [0.5, 0.6) is 0 Å². The lowest BCUT2D eigenvalue weighted by molar-refractivity contribution is 0.0815. The molecule has 0 atom stereocenters. The highest BCUT2D eigenvalue weighted by Crippen LogP contribution is 2.30. The standard InChI is InChI=1S/C25H32N2O2/c1-2-17-28-19-11-20-29-18-10-9-16-23-26-24(21-12-5-3-6-13-21)25(27-23)22-14-7-4-8-15-22/h3-8,12-15H,2,9-11,16-20H2,1H3,(H,26,27). The fraction of sp³-hybridized carbons (Fsp3) is 0.400. The molecule has 0 spiro atoms. The van der Waals surface area contributed by atoms with Crippen LogP contribution in [0.1, 0.15) is 38.4 Å². The predicted molar refractivity (Wildman–Crippen MR) is 119 cm³/mol. The SMILES string of the molecule is CCCOCCCOCCCCc1nc(-c2ccccc2)c(-c2ccccc2)[nH]1. The van der Waals surface area contributed by atoms with Gasteiger partial charge in [-0.3, -0.25) is 0 Å². The molecule has 4 heteroatoms. The van der Waals surface area contributed by atoms with Crippen molar-refractivity contribution in [3.8, 4) is 22.5 Å². The molecule has 0 radical (unpaired) electrons. The zero-order valence-electron chi connectivity index (χ0n) is 17.4. The molecule has 0 unspecified atom stereocenters. The van der Waals surface area contributed by atoms with Gasteiger partial charge in [-0.2, -0.15) is 0 Å². The Labute approximate surface area is 174 Å². The molecule has 1 heterocycles. The van der Waals surface area contributed by atoms with Crippen molar-refractivity contribution in [1.82, 2.24) is 9.97 Å². The Kier molecular flexibility index (Phi) is 8.95. The van der Waals surface area contributed by atoms with Gasteiger partial charge in [0.25, 0.3) is 0 Å². The van der Waals surface area contributed by atoms with Crippen LogP contribution in [0.15, 0.2) is 60.7 Å². The average molecular weight is 393 g/mol. The van der Waals surface area contributed by atoms with Crippen molar-refractivity contribution < 1.29 is 9.47 Å². The number of imidazole rings is 1. The molecule has 0 saturated carbocycles. The first-order chi connectivity index (χ1) is 14.4. The van der Waals surface area contributed by atoms with Crippen LogP contribution in [0.25, 0.3) is 22.5 Å². The maximum atomic E-state index is 5.71. The minimum Gasteiger partial charge on any atom is -0.381 e. The monoisotopic (exact) mass is 392 g/mol. The number of benzene rings is 2. The molecule has 0 bridgehead atoms. The second-order valence-corrected chi connectivity index (χ2v) is 7.17. The van der Waals surface area contributed by atoms with Crippen molar-refractivity contribution in [3.05, 3.63) is 66.5 Å². The van der Waals surface area contributed by atoms with Crippen LogP contribution < -0.4 is 0 Å². The van der Waals surface area contributed by atoms with Crippen molar-refractivity contribution >= 4 is 0 Å². The summed E-state index contributed by atoms with van der Waals surface area (Å²) in [5, 5.41) is 0. The van der Waals surface area contributed by atoms with Gasteiger partial charge in [0.15, 0.2) is 0 Å². The highest BCUT2D eigenvalue weighted by Gasteiger charge is 2.13. The molecule has 0 aliphatic heterocycles. The third-order valence-corrected chi connectivity index (χ3v) is 4.74. The van der Waals surface area contributed by atoms with Gasteiger partial charge < -0.3 is 14.5 Å². The van der Waals surface area contributed by atoms with E-state index in [0.717, 1.165) is 81.3 Å². The van der Waals surface area contributed by atoms with Gasteiger partial charge in [-0.25, -0.2) is 4.98 Å². The Morgan fingerprint density at radius 1 is 0.724 bits per heavy atom. The van der Waals surface area contributed by atoms with Crippen LogP contribution in [0.3, 0.4) is 0 Å². The fourth-order valence-electron chi connectivity index (χ4n) is 3.27. The molecule has 3 rings (SSSR count). The van der Waals surface area contributed by atoms with Gasteiger partial charge in [-0.05, 0) is 25.7 Å². The normalized spacial score (nSPS) is 11.1. The lowest BCUT2D eigenvalue weighted by Gasteiger charge is -2.04. The third-order valence-electron chi connectivity index (χ3n) is 4.74. The number of H-pyrrole nitrogens is 1. The van der Waals surface area contributed by atoms with E-state index in [1.165, 1.54) is 5.56 Å². The topological polar surface area (TPSA) is 47.1 Å². The molecule has 3 aromatic rings. The van der Waals surface area contributed by atoms with Crippen molar-refractivity contribution in [1.29, 1.82) is 0 Å². The van der Waals surface area contributed by atoms with Gasteiger partial charge in [0.05, 0.1) is 11.4 Å². The second-order valence-electron chi connectivity index (χ2n) is 7.17. The Balaban J connectivity index is 1.51. The van der Waals surface area contributed by atoms with Gasteiger partial charge >= 0.3 is 0 Å². The summed E-state index contributed by atoms with van der Waals surface area (Å²) in [5.41, 5.74) is 4.42. The number of nitrogens with zero attached hydrogens (tertiary/aromatic N) is 1. The number of aromatic nitrogens is 2. The van der Waals surface area contributed by atoms with Crippen LogP contribution in [0, 0.1) is 0 Å². The Hall–Kier alpha value is -2.43. The second kappa shape index (κ2) is 12.2. The molecule has 154 valence electrons. The zero-order chi connectivity index (χ0) is 20.2. The minimum absolute atomic E-state index is 0.779. The summed E-state index contributed by atoms with van der Waals surface area (Å²) in [6.45, 7) is 5.34. The largest absolute Gasteiger partial charge is 0.381 e. The fourth-order valence-corrected chi connectivity index (χ4v) is 3.27. The molecular formula is C25H32N2O2. The van der Waals surface area contributed by atoms with Crippen LogP contribution in [0.4, 0.5) is 0 Å². The number of aromatic amines is 1.